The molecule has 0 saturated carbocycles. The number of carbonyl (C=O) groups is 1. The van der Waals surface area contributed by atoms with Crippen LogP contribution in [0.3, 0.4) is 0 Å². The minimum absolute atomic E-state index is 0.0205. The van der Waals surface area contributed by atoms with Gasteiger partial charge in [-0.2, -0.15) is 5.10 Å². The lowest BCUT2D eigenvalue weighted by Crippen LogP contribution is -2.18. The first-order chi connectivity index (χ1) is 11.2. The number of nitrogens with zero attached hydrogens (tertiary/aromatic N) is 4. The highest BCUT2D eigenvalue weighted by Gasteiger charge is 2.11. The molecule has 3 rings (SSSR count). The summed E-state index contributed by atoms with van der Waals surface area (Å²) >= 11 is 0. The maximum atomic E-state index is 12.2. The molecule has 120 valence electrons. The number of imidazole rings is 1. The van der Waals surface area contributed by atoms with Crippen LogP contribution in [-0.4, -0.2) is 25.2 Å². The molecule has 3 aromatic rings. The smallest absolute Gasteiger partial charge is 0.227 e. The van der Waals surface area contributed by atoms with Gasteiger partial charge in [0.1, 0.15) is 5.82 Å². The van der Waals surface area contributed by atoms with Crippen LogP contribution in [0.2, 0.25) is 0 Å². The van der Waals surface area contributed by atoms with Crippen molar-refractivity contribution in [2.75, 3.05) is 5.32 Å². The second kappa shape index (κ2) is 6.64. The Labute approximate surface area is 135 Å². The van der Waals surface area contributed by atoms with Gasteiger partial charge in [-0.15, -0.1) is 0 Å². The van der Waals surface area contributed by atoms with Crippen molar-refractivity contribution >= 4 is 22.8 Å². The zero-order valence-electron chi connectivity index (χ0n) is 13.4. The van der Waals surface area contributed by atoms with Gasteiger partial charge in [0.2, 0.25) is 5.91 Å². The van der Waals surface area contributed by atoms with Gasteiger partial charge >= 0.3 is 0 Å². The van der Waals surface area contributed by atoms with E-state index in [1.54, 1.807) is 12.5 Å². The van der Waals surface area contributed by atoms with Crippen molar-refractivity contribution in [1.82, 2.24) is 19.3 Å². The number of hydrogen-bond donors (Lipinski definition) is 1. The highest BCUT2D eigenvalue weighted by molar-refractivity contribution is 5.89. The number of nitrogens with one attached hydrogen (secondary N) is 1. The standard InChI is InChI=1S/C17H21N5O/c1-3-13(2)22-16(8-10-19-22)20-17(23)9-11-21-12-18-14-6-4-5-7-15(14)21/h4-8,10,12-13H,3,9,11H2,1-2H3,(H,20,23). The van der Waals surface area contributed by atoms with Gasteiger partial charge < -0.3 is 9.88 Å². The van der Waals surface area contributed by atoms with Crippen LogP contribution in [0.5, 0.6) is 0 Å². The number of aryl methyl sites for hydroxylation is 1. The van der Waals surface area contributed by atoms with Crippen LogP contribution >= 0.6 is 0 Å². The first-order valence-electron chi connectivity index (χ1n) is 7.92. The minimum atomic E-state index is -0.0205. The Morgan fingerprint density at radius 1 is 1.30 bits per heavy atom. The molecule has 0 radical (unpaired) electrons. The molecule has 1 unspecified atom stereocenters. The van der Waals surface area contributed by atoms with Crippen LogP contribution in [0.25, 0.3) is 11.0 Å². The number of fused-ring (bicyclic) bond motifs is 1. The van der Waals surface area contributed by atoms with Crippen molar-refractivity contribution in [2.24, 2.45) is 0 Å². The molecule has 0 saturated heterocycles. The number of aromatic nitrogens is 4. The highest BCUT2D eigenvalue weighted by Crippen LogP contribution is 2.17. The van der Waals surface area contributed by atoms with Crippen molar-refractivity contribution in [1.29, 1.82) is 0 Å². The Morgan fingerprint density at radius 3 is 2.96 bits per heavy atom. The summed E-state index contributed by atoms with van der Waals surface area (Å²) in [5.74, 6) is 0.729. The van der Waals surface area contributed by atoms with Gasteiger partial charge in [0.25, 0.3) is 0 Å². The van der Waals surface area contributed by atoms with Crippen LogP contribution in [0.1, 0.15) is 32.7 Å². The van der Waals surface area contributed by atoms with E-state index >= 15 is 0 Å². The lowest BCUT2D eigenvalue weighted by atomic mass is 10.3. The van der Waals surface area contributed by atoms with E-state index in [0.717, 1.165) is 23.3 Å². The summed E-state index contributed by atoms with van der Waals surface area (Å²) in [6.07, 6.45) is 4.85. The molecule has 0 fully saturated rings. The topological polar surface area (TPSA) is 64.7 Å². The monoisotopic (exact) mass is 311 g/mol. The molecule has 1 amide bonds. The summed E-state index contributed by atoms with van der Waals surface area (Å²) in [4.78, 5) is 16.6. The quantitative estimate of drug-likeness (QED) is 0.760. The van der Waals surface area contributed by atoms with E-state index < -0.39 is 0 Å². The predicted octanol–water partition coefficient (Wildman–Crippen LogP) is 3.23. The van der Waals surface area contributed by atoms with E-state index in [1.807, 2.05) is 39.6 Å². The van der Waals surface area contributed by atoms with Crippen molar-refractivity contribution < 1.29 is 4.79 Å². The van der Waals surface area contributed by atoms with Crippen LogP contribution in [-0.2, 0) is 11.3 Å². The molecule has 0 aliphatic heterocycles. The third-order valence-electron chi connectivity index (χ3n) is 4.05. The van der Waals surface area contributed by atoms with Crippen molar-refractivity contribution in [3.05, 3.63) is 42.9 Å². The molecule has 1 aromatic carbocycles. The molecule has 23 heavy (non-hydrogen) atoms. The van der Waals surface area contributed by atoms with Gasteiger partial charge in [0, 0.05) is 19.0 Å². The molecule has 6 heteroatoms. The molecule has 0 bridgehead atoms. The number of rotatable bonds is 6. The molecule has 0 spiro atoms. The normalized spacial score (nSPS) is 12.4. The third kappa shape index (κ3) is 3.26. The maximum absolute atomic E-state index is 12.2. The number of para-hydroxylation sites is 2. The second-order valence-electron chi connectivity index (χ2n) is 5.64. The summed E-state index contributed by atoms with van der Waals surface area (Å²) in [6, 6.07) is 10.0. The predicted molar refractivity (Wildman–Crippen MR) is 90.2 cm³/mol. The van der Waals surface area contributed by atoms with E-state index in [1.165, 1.54) is 0 Å². The molecule has 0 aliphatic rings. The Kier molecular flexibility index (Phi) is 4.41. The van der Waals surface area contributed by atoms with Crippen molar-refractivity contribution in [3.8, 4) is 0 Å². The van der Waals surface area contributed by atoms with Crippen LogP contribution in [0.4, 0.5) is 5.82 Å². The third-order valence-corrected chi connectivity index (χ3v) is 4.05. The molecular weight excluding hydrogens is 290 g/mol. The van der Waals surface area contributed by atoms with E-state index in [9.17, 15) is 4.79 Å². The zero-order chi connectivity index (χ0) is 16.2. The average Bonchev–Trinajstić information content (AvgIpc) is 3.19. The van der Waals surface area contributed by atoms with E-state index in [-0.39, 0.29) is 11.9 Å². The fraction of sp³-hybridized carbons (Fsp3) is 0.353. The first kappa shape index (κ1) is 15.3. The Bertz CT molecular complexity index is 804. The van der Waals surface area contributed by atoms with Gasteiger partial charge in [-0.05, 0) is 25.5 Å². The van der Waals surface area contributed by atoms with Crippen molar-refractivity contribution in [2.45, 2.75) is 39.3 Å². The Morgan fingerprint density at radius 2 is 2.13 bits per heavy atom. The summed E-state index contributed by atoms with van der Waals surface area (Å²) in [5, 5.41) is 7.22. The van der Waals surface area contributed by atoms with Crippen LogP contribution < -0.4 is 5.32 Å². The molecule has 2 aromatic heterocycles. The van der Waals surface area contributed by atoms with Gasteiger partial charge in [0.05, 0.1) is 29.6 Å². The molecule has 0 aliphatic carbocycles. The van der Waals surface area contributed by atoms with Gasteiger partial charge in [0.15, 0.2) is 0 Å². The Hall–Kier alpha value is -2.63. The second-order valence-corrected chi connectivity index (χ2v) is 5.64. The zero-order valence-corrected chi connectivity index (χ0v) is 13.4. The molecule has 6 nitrogen and oxygen atoms in total. The maximum Gasteiger partial charge on any atom is 0.227 e. The fourth-order valence-electron chi connectivity index (χ4n) is 2.55. The lowest BCUT2D eigenvalue weighted by molar-refractivity contribution is -0.116. The molecule has 2 heterocycles. The summed E-state index contributed by atoms with van der Waals surface area (Å²) in [5.41, 5.74) is 1.99. The van der Waals surface area contributed by atoms with E-state index in [4.69, 9.17) is 0 Å². The summed E-state index contributed by atoms with van der Waals surface area (Å²) in [7, 11) is 0. The molecule has 1 atom stereocenters. The highest BCUT2D eigenvalue weighted by atomic mass is 16.1. The largest absolute Gasteiger partial charge is 0.330 e. The van der Waals surface area contributed by atoms with Crippen LogP contribution in [0.15, 0.2) is 42.9 Å². The minimum Gasteiger partial charge on any atom is -0.330 e. The number of carbonyl (C=O) groups excluding carboxylic acids is 1. The first-order valence-corrected chi connectivity index (χ1v) is 7.92. The Balaban J connectivity index is 1.63. The number of amides is 1. The fourth-order valence-corrected chi connectivity index (χ4v) is 2.55. The van der Waals surface area contributed by atoms with Gasteiger partial charge in [-0.25, -0.2) is 9.67 Å². The number of benzene rings is 1. The molecule has 1 N–H and O–H groups in total. The van der Waals surface area contributed by atoms with Crippen LogP contribution in [0, 0.1) is 0 Å². The lowest BCUT2D eigenvalue weighted by Gasteiger charge is -2.14. The van der Waals surface area contributed by atoms with E-state index in [0.29, 0.717) is 13.0 Å². The number of anilines is 1. The van der Waals surface area contributed by atoms with Gasteiger partial charge in [-0.1, -0.05) is 19.1 Å². The number of hydrogen-bond acceptors (Lipinski definition) is 3. The molecular formula is C17H21N5O. The van der Waals surface area contributed by atoms with Gasteiger partial charge in [-0.3, -0.25) is 4.79 Å². The van der Waals surface area contributed by atoms with E-state index in [2.05, 4.69) is 29.2 Å². The van der Waals surface area contributed by atoms with Crippen molar-refractivity contribution in [3.63, 3.8) is 0 Å². The average molecular weight is 311 g/mol. The summed E-state index contributed by atoms with van der Waals surface area (Å²) < 4.78 is 3.85. The SMILES string of the molecule is CCC(C)n1nccc1NC(=O)CCn1cnc2ccccc21. The summed E-state index contributed by atoms with van der Waals surface area (Å²) in [6.45, 7) is 4.78.